The zero-order valence-electron chi connectivity index (χ0n) is 7.56. The Bertz CT molecular complexity index is 372. The number of pyridine rings is 1. The predicted molar refractivity (Wildman–Crippen MR) is 50.9 cm³/mol. The van der Waals surface area contributed by atoms with E-state index in [2.05, 4.69) is 4.98 Å². The van der Waals surface area contributed by atoms with Crippen LogP contribution in [0.1, 0.15) is 24.6 Å². The van der Waals surface area contributed by atoms with Gasteiger partial charge in [-0.25, -0.2) is 0 Å². The van der Waals surface area contributed by atoms with Gasteiger partial charge in [-0.3, -0.25) is 9.59 Å². The summed E-state index contributed by atoms with van der Waals surface area (Å²) < 4.78 is 0. The lowest BCUT2D eigenvalue weighted by Crippen LogP contribution is -2.17. The van der Waals surface area contributed by atoms with Gasteiger partial charge in [0, 0.05) is 24.2 Å². The number of aliphatic carboxylic acids is 1. The molecule has 0 aliphatic carbocycles. The van der Waals surface area contributed by atoms with Crippen molar-refractivity contribution in [2.75, 3.05) is 0 Å². The molecule has 0 unspecified atom stereocenters. The molecular weight excluding hydrogens is 184 g/mol. The third kappa shape index (κ3) is 3.02. The molecule has 0 bridgehead atoms. The van der Waals surface area contributed by atoms with Crippen LogP contribution >= 0.6 is 0 Å². The molecule has 5 heteroatoms. The van der Waals surface area contributed by atoms with Gasteiger partial charge in [-0.15, -0.1) is 0 Å². The molecule has 14 heavy (non-hydrogen) atoms. The van der Waals surface area contributed by atoms with Crippen molar-refractivity contribution in [3.8, 4) is 0 Å². The van der Waals surface area contributed by atoms with E-state index in [0.29, 0.717) is 12.1 Å². The Hall–Kier alpha value is -1.62. The molecule has 1 aromatic heterocycles. The fraction of sp³-hybridized carbons (Fsp3) is 0.333. The van der Waals surface area contributed by atoms with Gasteiger partial charge >= 0.3 is 5.97 Å². The first-order valence-electron chi connectivity index (χ1n) is 4.26. The standard InChI is InChI=1S/C9H12N2O3/c10-6(4-5-9(13)14)7-2-1-3-8(12)11-7/h1-3,6H,4-5,10H2,(H,11,12)(H,13,14)/t6-/m0/s1. The average Bonchev–Trinajstić information content (AvgIpc) is 2.14. The number of hydrogen-bond acceptors (Lipinski definition) is 3. The van der Waals surface area contributed by atoms with Gasteiger partial charge in [-0.2, -0.15) is 0 Å². The van der Waals surface area contributed by atoms with E-state index >= 15 is 0 Å². The third-order valence-corrected chi connectivity index (χ3v) is 1.86. The van der Waals surface area contributed by atoms with Crippen LogP contribution in [-0.4, -0.2) is 16.1 Å². The van der Waals surface area contributed by atoms with Crippen LogP contribution in [0.25, 0.3) is 0 Å². The maximum atomic E-state index is 10.9. The number of aromatic amines is 1. The minimum atomic E-state index is -0.890. The quantitative estimate of drug-likeness (QED) is 0.642. The van der Waals surface area contributed by atoms with Crippen molar-refractivity contribution in [2.45, 2.75) is 18.9 Å². The Balaban J connectivity index is 2.65. The maximum Gasteiger partial charge on any atom is 0.303 e. The van der Waals surface area contributed by atoms with Crippen LogP contribution in [0.4, 0.5) is 0 Å². The van der Waals surface area contributed by atoms with Crippen molar-refractivity contribution in [2.24, 2.45) is 5.73 Å². The number of hydrogen-bond donors (Lipinski definition) is 3. The SMILES string of the molecule is N[C@@H](CCC(=O)O)c1cccc(=O)[nH]1. The van der Waals surface area contributed by atoms with E-state index in [9.17, 15) is 9.59 Å². The first-order chi connectivity index (χ1) is 6.59. The fourth-order valence-electron chi connectivity index (χ4n) is 1.12. The molecule has 0 aliphatic heterocycles. The van der Waals surface area contributed by atoms with Crippen LogP contribution in [-0.2, 0) is 4.79 Å². The molecule has 1 rings (SSSR count). The number of carboxylic acid groups (broad SMARTS) is 1. The molecular formula is C9H12N2O3. The summed E-state index contributed by atoms with van der Waals surface area (Å²) in [7, 11) is 0. The van der Waals surface area contributed by atoms with E-state index < -0.39 is 12.0 Å². The minimum Gasteiger partial charge on any atom is -0.481 e. The summed E-state index contributed by atoms with van der Waals surface area (Å²) >= 11 is 0. The molecule has 0 spiro atoms. The first kappa shape index (κ1) is 10.5. The molecule has 1 heterocycles. The van der Waals surface area contributed by atoms with E-state index in [1.165, 1.54) is 6.07 Å². The van der Waals surface area contributed by atoms with Crippen LogP contribution in [0, 0.1) is 0 Å². The summed E-state index contributed by atoms with van der Waals surface area (Å²) in [6, 6.07) is 4.22. The van der Waals surface area contributed by atoms with Crippen LogP contribution in [0.2, 0.25) is 0 Å². The van der Waals surface area contributed by atoms with E-state index in [1.54, 1.807) is 12.1 Å². The van der Waals surface area contributed by atoms with Crippen molar-refractivity contribution in [1.82, 2.24) is 4.98 Å². The normalized spacial score (nSPS) is 12.4. The Morgan fingerprint density at radius 3 is 2.86 bits per heavy atom. The number of nitrogens with one attached hydrogen (secondary N) is 1. The highest BCUT2D eigenvalue weighted by Gasteiger charge is 2.08. The number of H-pyrrole nitrogens is 1. The molecule has 0 amide bonds. The maximum absolute atomic E-state index is 10.9. The summed E-state index contributed by atoms with van der Waals surface area (Å²) in [6.45, 7) is 0. The summed E-state index contributed by atoms with van der Waals surface area (Å²) in [5, 5.41) is 8.44. The van der Waals surface area contributed by atoms with Crippen molar-refractivity contribution in [1.29, 1.82) is 0 Å². The van der Waals surface area contributed by atoms with Gasteiger partial charge in [0.05, 0.1) is 0 Å². The molecule has 76 valence electrons. The summed E-state index contributed by atoms with van der Waals surface area (Å²) in [5.74, 6) is -0.890. The number of carbonyl (C=O) groups is 1. The number of nitrogens with two attached hydrogens (primary N) is 1. The highest BCUT2D eigenvalue weighted by atomic mass is 16.4. The molecule has 4 N–H and O–H groups in total. The highest BCUT2D eigenvalue weighted by Crippen LogP contribution is 2.11. The lowest BCUT2D eigenvalue weighted by atomic mass is 10.1. The van der Waals surface area contributed by atoms with Gasteiger partial charge in [0.2, 0.25) is 5.56 Å². The number of aromatic nitrogens is 1. The Morgan fingerprint density at radius 2 is 2.29 bits per heavy atom. The van der Waals surface area contributed by atoms with Gasteiger partial charge in [0.15, 0.2) is 0 Å². The van der Waals surface area contributed by atoms with Gasteiger partial charge in [-0.05, 0) is 12.5 Å². The van der Waals surface area contributed by atoms with Gasteiger partial charge in [-0.1, -0.05) is 6.07 Å². The molecule has 0 saturated carbocycles. The smallest absolute Gasteiger partial charge is 0.303 e. The summed E-state index contributed by atoms with van der Waals surface area (Å²) in [6.07, 6.45) is 0.313. The highest BCUT2D eigenvalue weighted by molar-refractivity contribution is 5.66. The lowest BCUT2D eigenvalue weighted by Gasteiger charge is -2.09. The Morgan fingerprint density at radius 1 is 1.57 bits per heavy atom. The monoisotopic (exact) mass is 196 g/mol. The number of rotatable bonds is 4. The van der Waals surface area contributed by atoms with Gasteiger partial charge in [0.1, 0.15) is 0 Å². The second-order valence-electron chi connectivity index (χ2n) is 3.01. The van der Waals surface area contributed by atoms with Gasteiger partial charge in [0.25, 0.3) is 0 Å². The van der Waals surface area contributed by atoms with Gasteiger partial charge < -0.3 is 15.8 Å². The van der Waals surface area contributed by atoms with E-state index in [0.717, 1.165) is 0 Å². The first-order valence-corrected chi connectivity index (χ1v) is 4.26. The molecule has 0 fully saturated rings. The fourth-order valence-corrected chi connectivity index (χ4v) is 1.12. The third-order valence-electron chi connectivity index (χ3n) is 1.86. The zero-order chi connectivity index (χ0) is 10.6. The topological polar surface area (TPSA) is 96.2 Å². The van der Waals surface area contributed by atoms with E-state index in [-0.39, 0.29) is 12.0 Å². The van der Waals surface area contributed by atoms with Crippen LogP contribution in [0.15, 0.2) is 23.0 Å². The number of carboxylic acids is 1. The Labute approximate surface area is 80.6 Å². The van der Waals surface area contributed by atoms with Crippen molar-refractivity contribution in [3.63, 3.8) is 0 Å². The molecule has 0 saturated heterocycles. The zero-order valence-corrected chi connectivity index (χ0v) is 7.56. The van der Waals surface area contributed by atoms with E-state index in [1.807, 2.05) is 0 Å². The van der Waals surface area contributed by atoms with Crippen LogP contribution in [0.3, 0.4) is 0 Å². The lowest BCUT2D eigenvalue weighted by molar-refractivity contribution is -0.137. The predicted octanol–water partition coefficient (Wildman–Crippen LogP) is 0.239. The van der Waals surface area contributed by atoms with E-state index in [4.69, 9.17) is 10.8 Å². The molecule has 1 atom stereocenters. The van der Waals surface area contributed by atoms with Crippen molar-refractivity contribution >= 4 is 5.97 Å². The van der Waals surface area contributed by atoms with Crippen molar-refractivity contribution < 1.29 is 9.90 Å². The summed E-state index contributed by atoms with van der Waals surface area (Å²) in [5.41, 5.74) is 6.02. The second-order valence-corrected chi connectivity index (χ2v) is 3.01. The summed E-state index contributed by atoms with van der Waals surface area (Å²) in [4.78, 5) is 23.7. The van der Waals surface area contributed by atoms with Crippen LogP contribution < -0.4 is 11.3 Å². The minimum absolute atomic E-state index is 0.00189. The van der Waals surface area contributed by atoms with Crippen LogP contribution in [0.5, 0.6) is 0 Å². The molecule has 0 aliphatic rings. The molecule has 1 aromatic rings. The largest absolute Gasteiger partial charge is 0.481 e. The Kier molecular flexibility index (Phi) is 3.41. The second kappa shape index (κ2) is 4.57. The average molecular weight is 196 g/mol. The molecule has 0 aromatic carbocycles. The van der Waals surface area contributed by atoms with Crippen molar-refractivity contribution in [3.05, 3.63) is 34.2 Å². The molecule has 0 radical (unpaired) electrons. The molecule has 5 nitrogen and oxygen atoms in total.